The maximum atomic E-state index is 4.68. The van der Waals surface area contributed by atoms with Crippen LogP contribution in [-0.4, -0.2) is 19.9 Å². The Balaban J connectivity index is 2.12. The minimum atomic E-state index is 0.297. The SMILES string of the molecule is CC(C)c1nc(-c2ncccn2)ncc1-c1ccccc1. The first-order valence-electron chi connectivity index (χ1n) is 6.95. The van der Waals surface area contributed by atoms with Crippen LogP contribution in [0.5, 0.6) is 0 Å². The Bertz CT molecular complexity index is 724. The Kier molecular flexibility index (Phi) is 3.69. The molecule has 0 unspecified atom stereocenters. The molecule has 0 aliphatic rings. The Morgan fingerprint density at radius 2 is 1.52 bits per heavy atom. The molecule has 2 heterocycles. The third kappa shape index (κ3) is 2.79. The van der Waals surface area contributed by atoms with Gasteiger partial charge in [-0.25, -0.2) is 19.9 Å². The van der Waals surface area contributed by atoms with Crippen molar-refractivity contribution in [3.8, 4) is 22.8 Å². The summed E-state index contributed by atoms with van der Waals surface area (Å²) in [6.45, 7) is 4.26. The van der Waals surface area contributed by atoms with Gasteiger partial charge >= 0.3 is 0 Å². The number of hydrogen-bond donors (Lipinski definition) is 0. The van der Waals surface area contributed by atoms with E-state index in [1.165, 1.54) is 0 Å². The van der Waals surface area contributed by atoms with Crippen LogP contribution in [0.2, 0.25) is 0 Å². The first-order chi connectivity index (χ1) is 10.3. The third-order valence-electron chi connectivity index (χ3n) is 3.22. The summed E-state index contributed by atoms with van der Waals surface area (Å²) in [6, 6.07) is 12.0. The highest BCUT2D eigenvalue weighted by atomic mass is 15.0. The Hall–Kier alpha value is -2.62. The predicted molar refractivity (Wildman–Crippen MR) is 82.6 cm³/mol. The topological polar surface area (TPSA) is 51.6 Å². The molecule has 0 amide bonds. The van der Waals surface area contributed by atoms with Crippen molar-refractivity contribution in [3.05, 3.63) is 60.7 Å². The molecule has 0 saturated heterocycles. The van der Waals surface area contributed by atoms with Gasteiger partial charge in [0.05, 0.1) is 5.69 Å². The molecule has 3 aromatic rings. The fourth-order valence-electron chi connectivity index (χ4n) is 2.20. The van der Waals surface area contributed by atoms with E-state index in [0.717, 1.165) is 16.8 Å². The van der Waals surface area contributed by atoms with E-state index in [1.807, 2.05) is 24.4 Å². The van der Waals surface area contributed by atoms with Gasteiger partial charge in [0.1, 0.15) is 0 Å². The fourth-order valence-corrected chi connectivity index (χ4v) is 2.20. The molecular weight excluding hydrogens is 260 g/mol. The van der Waals surface area contributed by atoms with Crippen molar-refractivity contribution in [2.45, 2.75) is 19.8 Å². The van der Waals surface area contributed by atoms with Gasteiger partial charge in [-0.05, 0) is 17.5 Å². The van der Waals surface area contributed by atoms with Crippen molar-refractivity contribution in [2.24, 2.45) is 0 Å². The van der Waals surface area contributed by atoms with Gasteiger partial charge in [-0.15, -0.1) is 0 Å². The summed E-state index contributed by atoms with van der Waals surface area (Å²) < 4.78 is 0. The van der Waals surface area contributed by atoms with Crippen LogP contribution >= 0.6 is 0 Å². The van der Waals surface area contributed by atoms with Crippen LogP contribution in [0, 0.1) is 0 Å². The molecule has 21 heavy (non-hydrogen) atoms. The summed E-state index contributed by atoms with van der Waals surface area (Å²) in [5.41, 5.74) is 3.20. The van der Waals surface area contributed by atoms with Crippen LogP contribution in [-0.2, 0) is 0 Å². The van der Waals surface area contributed by atoms with Crippen molar-refractivity contribution in [1.29, 1.82) is 0 Å². The second kappa shape index (κ2) is 5.79. The molecule has 4 nitrogen and oxygen atoms in total. The monoisotopic (exact) mass is 276 g/mol. The zero-order valence-electron chi connectivity index (χ0n) is 12.1. The highest BCUT2D eigenvalue weighted by Gasteiger charge is 2.14. The maximum absolute atomic E-state index is 4.68. The number of rotatable bonds is 3. The van der Waals surface area contributed by atoms with E-state index >= 15 is 0 Å². The molecule has 2 aromatic heterocycles. The van der Waals surface area contributed by atoms with Gasteiger partial charge in [0, 0.05) is 24.2 Å². The van der Waals surface area contributed by atoms with Crippen molar-refractivity contribution in [3.63, 3.8) is 0 Å². The lowest BCUT2D eigenvalue weighted by Crippen LogP contribution is -2.02. The Morgan fingerprint density at radius 3 is 2.19 bits per heavy atom. The lowest BCUT2D eigenvalue weighted by Gasteiger charge is -2.12. The molecule has 0 fully saturated rings. The largest absolute Gasteiger partial charge is 0.234 e. The summed E-state index contributed by atoms with van der Waals surface area (Å²) in [4.78, 5) is 17.5. The van der Waals surface area contributed by atoms with Crippen LogP contribution < -0.4 is 0 Å². The maximum Gasteiger partial charge on any atom is 0.197 e. The van der Waals surface area contributed by atoms with Crippen molar-refractivity contribution in [1.82, 2.24) is 19.9 Å². The zero-order valence-corrected chi connectivity index (χ0v) is 12.1. The van der Waals surface area contributed by atoms with E-state index in [2.05, 4.69) is 45.9 Å². The summed E-state index contributed by atoms with van der Waals surface area (Å²) in [5.74, 6) is 1.42. The van der Waals surface area contributed by atoms with Gasteiger partial charge in [0.25, 0.3) is 0 Å². The van der Waals surface area contributed by atoms with E-state index in [1.54, 1.807) is 18.5 Å². The molecule has 104 valence electrons. The van der Waals surface area contributed by atoms with Crippen molar-refractivity contribution in [2.75, 3.05) is 0 Å². The molecule has 4 heteroatoms. The van der Waals surface area contributed by atoms with Gasteiger partial charge in [-0.2, -0.15) is 0 Å². The standard InChI is InChI=1S/C17H16N4/c1-12(2)15-14(13-7-4-3-5-8-13)11-20-17(21-15)16-18-9-6-10-19-16/h3-12H,1-2H3. The normalized spacial score (nSPS) is 10.8. The van der Waals surface area contributed by atoms with E-state index in [9.17, 15) is 0 Å². The number of nitrogens with zero attached hydrogens (tertiary/aromatic N) is 4. The fraction of sp³-hybridized carbons (Fsp3) is 0.176. The number of aromatic nitrogens is 4. The lowest BCUT2D eigenvalue weighted by molar-refractivity contribution is 0.817. The minimum absolute atomic E-state index is 0.297. The van der Waals surface area contributed by atoms with Crippen LogP contribution in [0.25, 0.3) is 22.8 Å². The molecule has 1 aromatic carbocycles. The minimum Gasteiger partial charge on any atom is -0.234 e. The first kappa shape index (κ1) is 13.4. The second-order valence-corrected chi connectivity index (χ2v) is 5.09. The molecule has 0 saturated carbocycles. The van der Waals surface area contributed by atoms with Crippen LogP contribution in [0.3, 0.4) is 0 Å². The third-order valence-corrected chi connectivity index (χ3v) is 3.22. The molecule has 0 aliphatic heterocycles. The second-order valence-electron chi connectivity index (χ2n) is 5.09. The smallest absolute Gasteiger partial charge is 0.197 e. The summed E-state index contributed by atoms with van der Waals surface area (Å²) in [7, 11) is 0. The number of hydrogen-bond acceptors (Lipinski definition) is 4. The van der Waals surface area contributed by atoms with Gasteiger partial charge in [0.15, 0.2) is 11.6 Å². The molecule has 0 atom stereocenters. The van der Waals surface area contributed by atoms with E-state index in [0.29, 0.717) is 17.6 Å². The quantitative estimate of drug-likeness (QED) is 0.731. The van der Waals surface area contributed by atoms with E-state index < -0.39 is 0 Å². The molecule has 0 radical (unpaired) electrons. The molecule has 0 bridgehead atoms. The Labute approximate surface area is 124 Å². The lowest BCUT2D eigenvalue weighted by atomic mass is 9.99. The van der Waals surface area contributed by atoms with E-state index in [4.69, 9.17) is 0 Å². The van der Waals surface area contributed by atoms with Crippen LogP contribution in [0.15, 0.2) is 55.0 Å². The molecular formula is C17H16N4. The molecule has 0 spiro atoms. The Morgan fingerprint density at radius 1 is 0.810 bits per heavy atom. The van der Waals surface area contributed by atoms with Crippen LogP contribution in [0.4, 0.5) is 0 Å². The first-order valence-corrected chi connectivity index (χ1v) is 6.95. The highest BCUT2D eigenvalue weighted by Crippen LogP contribution is 2.28. The number of benzene rings is 1. The average molecular weight is 276 g/mol. The van der Waals surface area contributed by atoms with Gasteiger partial charge < -0.3 is 0 Å². The van der Waals surface area contributed by atoms with Gasteiger partial charge in [-0.3, -0.25) is 0 Å². The molecule has 0 aliphatic carbocycles. The predicted octanol–water partition coefficient (Wildman–Crippen LogP) is 3.72. The van der Waals surface area contributed by atoms with E-state index in [-0.39, 0.29) is 0 Å². The summed E-state index contributed by atoms with van der Waals surface area (Å²) in [6.07, 6.45) is 5.26. The average Bonchev–Trinajstić information content (AvgIpc) is 2.56. The summed E-state index contributed by atoms with van der Waals surface area (Å²) >= 11 is 0. The van der Waals surface area contributed by atoms with Crippen molar-refractivity contribution >= 4 is 0 Å². The zero-order chi connectivity index (χ0) is 14.7. The van der Waals surface area contributed by atoms with Gasteiger partial charge in [0.2, 0.25) is 0 Å². The van der Waals surface area contributed by atoms with Crippen molar-refractivity contribution < 1.29 is 0 Å². The van der Waals surface area contributed by atoms with Crippen LogP contribution in [0.1, 0.15) is 25.5 Å². The molecule has 3 rings (SSSR count). The molecule has 0 N–H and O–H groups in total. The summed E-state index contributed by atoms with van der Waals surface area (Å²) in [5, 5.41) is 0. The van der Waals surface area contributed by atoms with Gasteiger partial charge in [-0.1, -0.05) is 44.2 Å². The highest BCUT2D eigenvalue weighted by molar-refractivity contribution is 5.66.